The van der Waals surface area contributed by atoms with Crippen LogP contribution < -0.4 is 15.6 Å². The van der Waals surface area contributed by atoms with Crippen molar-refractivity contribution in [2.24, 2.45) is 11.3 Å². The lowest BCUT2D eigenvalue weighted by Crippen LogP contribution is -2.71. The number of carboxylic acid groups (broad SMARTS) is 1. The Hall–Kier alpha value is -4.24. The second-order valence-corrected chi connectivity index (χ2v) is 17.0. The van der Waals surface area contributed by atoms with Crippen LogP contribution in [0.2, 0.25) is 0 Å². The van der Waals surface area contributed by atoms with Crippen molar-refractivity contribution >= 4 is 34.6 Å². The molecule has 4 atom stereocenters. The van der Waals surface area contributed by atoms with Gasteiger partial charge < -0.3 is 39.2 Å². The molecule has 7 rings (SSSR count). The number of aliphatic carboxylic acids is 1. The Bertz CT molecular complexity index is 1880. The van der Waals surface area contributed by atoms with Crippen LogP contribution in [0.3, 0.4) is 0 Å². The van der Waals surface area contributed by atoms with Crippen molar-refractivity contribution in [1.82, 2.24) is 25.3 Å². The number of aliphatic hydroxyl groups excluding tert-OH is 1. The van der Waals surface area contributed by atoms with E-state index >= 15 is 0 Å². The van der Waals surface area contributed by atoms with E-state index in [0.717, 1.165) is 45.6 Å². The summed E-state index contributed by atoms with van der Waals surface area (Å²) in [7, 11) is 1.68. The smallest absolute Gasteiger partial charge is 0.408 e. The standard InChI is InChI=1S/C41H58N6O8/c1-9-46-33-13-12-26(19-30(33)31(21-41(6,7)23-48)36(46)29-11-10-14-42-34(29)24(2)53-8)45-15-16-54-28(22-45)20-32(43-39(52)55-40(3,4)5)37(49)47-27-17-25(18-27)35(44-47)38(50)51/h10-14,19,24-25,27-28,32,35,44,48H,9,15-18,20-23H2,1-8H3,(H,43,52)(H,50,51)/t24-,25?,27?,28-,32-,35-/m0/s1. The summed E-state index contributed by atoms with van der Waals surface area (Å²) < 4.78 is 19.8. The van der Waals surface area contributed by atoms with Crippen LogP contribution >= 0.6 is 0 Å². The molecule has 3 aliphatic heterocycles. The summed E-state index contributed by atoms with van der Waals surface area (Å²) in [6.07, 6.45) is 2.38. The van der Waals surface area contributed by atoms with E-state index in [4.69, 9.17) is 19.2 Å². The summed E-state index contributed by atoms with van der Waals surface area (Å²) in [5.41, 5.74) is 7.84. The van der Waals surface area contributed by atoms with Gasteiger partial charge in [0.2, 0.25) is 0 Å². The highest BCUT2D eigenvalue weighted by Gasteiger charge is 2.51. The Morgan fingerprint density at radius 2 is 1.89 bits per heavy atom. The Morgan fingerprint density at radius 3 is 2.55 bits per heavy atom. The molecule has 2 bridgehead atoms. The van der Waals surface area contributed by atoms with Crippen LogP contribution in [0.4, 0.5) is 10.5 Å². The topological polar surface area (TPSA) is 168 Å². The van der Waals surface area contributed by atoms with Crippen LogP contribution in [0.1, 0.15) is 85.1 Å². The second kappa shape index (κ2) is 16.1. The quantitative estimate of drug-likeness (QED) is 0.184. The van der Waals surface area contributed by atoms with Crippen LogP contribution in [-0.2, 0) is 36.8 Å². The number of amides is 2. The number of aliphatic hydroxyl groups is 1. The maximum atomic E-state index is 14.1. The van der Waals surface area contributed by atoms with Gasteiger partial charge in [-0.05, 0) is 101 Å². The van der Waals surface area contributed by atoms with Crippen molar-refractivity contribution in [3.63, 3.8) is 0 Å². The molecule has 2 amide bonds. The van der Waals surface area contributed by atoms with Gasteiger partial charge in [-0.2, -0.15) is 0 Å². The number of carbonyl (C=O) groups excluding carboxylic acids is 2. The number of pyridine rings is 1. The van der Waals surface area contributed by atoms with E-state index in [1.54, 1.807) is 34.1 Å². The molecule has 4 N–H and O–H groups in total. The summed E-state index contributed by atoms with van der Waals surface area (Å²) in [4.78, 5) is 46.1. The summed E-state index contributed by atoms with van der Waals surface area (Å²) in [6, 6.07) is 8.49. The van der Waals surface area contributed by atoms with Crippen molar-refractivity contribution in [3.8, 4) is 11.3 Å². The molecule has 300 valence electrons. The monoisotopic (exact) mass is 762 g/mol. The van der Waals surface area contributed by atoms with E-state index in [9.17, 15) is 24.6 Å². The Labute approximate surface area is 323 Å². The number of rotatable bonds is 13. The van der Waals surface area contributed by atoms with Gasteiger partial charge in [0, 0.05) is 74.2 Å². The van der Waals surface area contributed by atoms with E-state index in [1.807, 2.05) is 13.0 Å². The minimum atomic E-state index is -1.02. The van der Waals surface area contributed by atoms with Gasteiger partial charge in [-0.3, -0.25) is 19.6 Å². The number of methoxy groups -OCH3 is 1. The summed E-state index contributed by atoms with van der Waals surface area (Å²) >= 11 is 0. The third-order valence-electron chi connectivity index (χ3n) is 11.1. The normalized spacial score (nSPS) is 22.6. The maximum absolute atomic E-state index is 14.1. The molecule has 0 spiro atoms. The first-order chi connectivity index (χ1) is 26.0. The number of alkyl carbamates (subject to hydrolysis) is 1. The fraction of sp³-hybridized carbons (Fsp3) is 0.610. The molecule has 2 aromatic heterocycles. The van der Waals surface area contributed by atoms with Gasteiger partial charge in [-0.25, -0.2) is 10.2 Å². The van der Waals surface area contributed by atoms with Gasteiger partial charge >= 0.3 is 12.1 Å². The van der Waals surface area contributed by atoms with Crippen LogP contribution in [0.25, 0.3) is 22.2 Å². The predicted octanol–water partition coefficient (Wildman–Crippen LogP) is 5.06. The Morgan fingerprint density at radius 1 is 1.15 bits per heavy atom. The van der Waals surface area contributed by atoms with Crippen LogP contribution in [0.15, 0.2) is 36.5 Å². The van der Waals surface area contributed by atoms with Gasteiger partial charge in [-0.15, -0.1) is 0 Å². The van der Waals surface area contributed by atoms with E-state index in [1.165, 1.54) is 5.01 Å². The molecule has 0 radical (unpaired) electrons. The number of carboxylic acids is 1. The summed E-state index contributed by atoms with van der Waals surface area (Å²) in [5, 5.41) is 25.5. The molecule has 1 aliphatic carbocycles. The molecule has 55 heavy (non-hydrogen) atoms. The van der Waals surface area contributed by atoms with E-state index < -0.39 is 47.2 Å². The van der Waals surface area contributed by atoms with Crippen molar-refractivity contribution < 1.29 is 38.8 Å². The highest BCUT2D eigenvalue weighted by atomic mass is 16.6. The number of ether oxygens (including phenoxy) is 3. The molecule has 0 unspecified atom stereocenters. The SMILES string of the molecule is CCn1c(-c2cccnc2[C@H](C)OC)c(CC(C)(C)CO)c2cc(N3CCO[C@@H](C[C@H](NC(=O)OC(C)(C)C)C(=O)N4N[C@H](C(=O)O)C5CC4C5)C3)ccc21. The average Bonchev–Trinajstić information content (AvgIpc) is 3.44. The zero-order valence-corrected chi connectivity index (χ0v) is 33.4. The number of benzene rings is 1. The lowest BCUT2D eigenvalue weighted by molar-refractivity contribution is -0.165. The first kappa shape index (κ1) is 40.4. The number of hydrogen-bond acceptors (Lipinski definition) is 10. The molecular formula is C41H58N6O8. The number of anilines is 1. The second-order valence-electron chi connectivity index (χ2n) is 17.0. The van der Waals surface area contributed by atoms with E-state index in [-0.39, 0.29) is 31.1 Å². The Balaban J connectivity index is 1.32. The minimum absolute atomic E-state index is 0.0207. The van der Waals surface area contributed by atoms with E-state index in [0.29, 0.717) is 39.0 Å². The van der Waals surface area contributed by atoms with Crippen molar-refractivity contribution in [3.05, 3.63) is 47.8 Å². The molecule has 14 heteroatoms. The molecule has 4 aliphatic rings. The van der Waals surface area contributed by atoms with Gasteiger partial charge in [0.25, 0.3) is 5.91 Å². The maximum Gasteiger partial charge on any atom is 0.408 e. The summed E-state index contributed by atoms with van der Waals surface area (Å²) in [6.45, 7) is 15.8. The van der Waals surface area contributed by atoms with Gasteiger partial charge in [0.1, 0.15) is 17.7 Å². The molecule has 5 heterocycles. The summed E-state index contributed by atoms with van der Waals surface area (Å²) in [5.74, 6) is -1.45. The number of nitrogens with zero attached hydrogens (tertiary/aromatic N) is 4. The van der Waals surface area contributed by atoms with Crippen molar-refractivity contribution in [2.45, 2.75) is 117 Å². The van der Waals surface area contributed by atoms with Crippen LogP contribution in [-0.4, -0.2) is 106 Å². The van der Waals surface area contributed by atoms with E-state index in [2.05, 4.69) is 65.2 Å². The number of hydrazine groups is 1. The molecule has 4 fully saturated rings. The first-order valence-electron chi connectivity index (χ1n) is 19.5. The fourth-order valence-corrected chi connectivity index (χ4v) is 8.18. The van der Waals surface area contributed by atoms with Crippen molar-refractivity contribution in [1.29, 1.82) is 0 Å². The van der Waals surface area contributed by atoms with Crippen LogP contribution in [0, 0.1) is 11.3 Å². The number of fused-ring (bicyclic) bond motifs is 3. The average molecular weight is 763 g/mol. The van der Waals surface area contributed by atoms with Gasteiger partial charge in [0.15, 0.2) is 0 Å². The Kier molecular flexibility index (Phi) is 11.8. The third-order valence-corrected chi connectivity index (χ3v) is 11.1. The predicted molar refractivity (Wildman–Crippen MR) is 208 cm³/mol. The molecule has 1 aromatic carbocycles. The third kappa shape index (κ3) is 8.62. The molecule has 14 nitrogen and oxygen atoms in total. The number of aryl methyl sites for hydroxylation is 1. The lowest BCUT2D eigenvalue weighted by Gasteiger charge is -2.52. The zero-order valence-electron chi connectivity index (χ0n) is 33.4. The van der Waals surface area contributed by atoms with Gasteiger partial charge in [-0.1, -0.05) is 13.8 Å². The van der Waals surface area contributed by atoms with Crippen molar-refractivity contribution in [2.75, 3.05) is 38.3 Å². The zero-order chi connectivity index (χ0) is 39.8. The highest BCUT2D eigenvalue weighted by Crippen LogP contribution is 2.42. The first-order valence-corrected chi connectivity index (χ1v) is 19.5. The molecule has 1 saturated carbocycles. The largest absolute Gasteiger partial charge is 0.480 e. The number of nitrogens with one attached hydrogen (secondary N) is 2. The highest BCUT2D eigenvalue weighted by molar-refractivity contribution is 5.94. The van der Waals surface area contributed by atoms with Crippen LogP contribution in [0.5, 0.6) is 0 Å². The minimum Gasteiger partial charge on any atom is -0.480 e. The number of hydrogen-bond donors (Lipinski definition) is 4. The van der Waals surface area contributed by atoms with Gasteiger partial charge in [0.05, 0.1) is 30.2 Å². The molecule has 3 aromatic rings. The molecular weight excluding hydrogens is 704 g/mol. The molecule has 3 saturated heterocycles. The fourth-order valence-electron chi connectivity index (χ4n) is 8.18. The number of aromatic nitrogens is 2. The number of morpholine rings is 1. The number of carbonyl (C=O) groups is 3. The lowest BCUT2D eigenvalue weighted by atomic mass is 9.73.